The predicted octanol–water partition coefficient (Wildman–Crippen LogP) is 1.65. The monoisotopic (exact) mass is 198 g/mol. The summed E-state index contributed by atoms with van der Waals surface area (Å²) in [4.78, 5) is 15.3. The minimum absolute atomic E-state index is 0.0319. The number of hydrogen-bond acceptors (Lipinski definition) is 4. The first-order chi connectivity index (χ1) is 7.24. The zero-order chi connectivity index (χ0) is 10.8. The van der Waals surface area contributed by atoms with Crippen LogP contribution in [-0.2, 0) is 0 Å². The molecule has 4 heteroatoms. The summed E-state index contributed by atoms with van der Waals surface area (Å²) in [6.45, 7) is 0. The quantitative estimate of drug-likeness (QED) is 0.558. The van der Waals surface area contributed by atoms with Crippen LogP contribution in [0.4, 0.5) is 0 Å². The highest BCUT2D eigenvalue weighted by molar-refractivity contribution is 6.16. The van der Waals surface area contributed by atoms with E-state index in [0.717, 1.165) is 0 Å². The molecule has 1 heterocycles. The van der Waals surface area contributed by atoms with Crippen molar-refractivity contribution in [3.63, 3.8) is 0 Å². The SMILES string of the molecule is N#CC(=O)c1c(O)ccc2cccnc12. The van der Waals surface area contributed by atoms with Crippen LogP contribution in [0.3, 0.4) is 0 Å². The Labute approximate surface area is 85.4 Å². The molecule has 1 aromatic heterocycles. The van der Waals surface area contributed by atoms with Crippen molar-refractivity contribution in [2.75, 3.05) is 0 Å². The minimum Gasteiger partial charge on any atom is -0.507 e. The van der Waals surface area contributed by atoms with E-state index < -0.39 is 5.78 Å². The number of nitrogens with zero attached hydrogens (tertiary/aromatic N) is 2. The molecule has 0 aliphatic rings. The van der Waals surface area contributed by atoms with Crippen LogP contribution < -0.4 is 0 Å². The molecule has 0 aliphatic carbocycles. The molecule has 0 fully saturated rings. The Morgan fingerprint density at radius 3 is 2.93 bits per heavy atom. The second kappa shape index (κ2) is 3.39. The summed E-state index contributed by atoms with van der Waals surface area (Å²) < 4.78 is 0. The number of ketones is 1. The average molecular weight is 198 g/mol. The number of fused-ring (bicyclic) bond motifs is 1. The third kappa shape index (κ3) is 1.40. The van der Waals surface area contributed by atoms with E-state index in [2.05, 4.69) is 4.98 Å². The van der Waals surface area contributed by atoms with E-state index in [1.54, 1.807) is 18.2 Å². The largest absolute Gasteiger partial charge is 0.507 e. The lowest BCUT2D eigenvalue weighted by molar-refractivity contribution is 0.105. The molecule has 15 heavy (non-hydrogen) atoms. The van der Waals surface area contributed by atoms with E-state index >= 15 is 0 Å². The molecule has 4 nitrogen and oxygen atoms in total. The normalized spacial score (nSPS) is 9.80. The van der Waals surface area contributed by atoms with Crippen LogP contribution in [0.2, 0.25) is 0 Å². The molecule has 0 aliphatic heterocycles. The lowest BCUT2D eigenvalue weighted by atomic mass is 10.1. The molecule has 1 N–H and O–H groups in total. The number of benzene rings is 1. The fourth-order valence-electron chi connectivity index (χ4n) is 1.41. The molecule has 1 aromatic carbocycles. The van der Waals surface area contributed by atoms with Crippen molar-refractivity contribution in [2.24, 2.45) is 0 Å². The first kappa shape index (κ1) is 9.16. The standard InChI is InChI=1S/C11H6N2O2/c12-6-9(15)10-8(14)4-3-7-2-1-5-13-11(7)10/h1-5,14H. The molecule has 0 spiro atoms. The molecule has 2 rings (SSSR count). The van der Waals surface area contributed by atoms with Gasteiger partial charge in [-0.3, -0.25) is 9.78 Å². The molecular formula is C11H6N2O2. The number of aromatic hydroxyl groups is 1. The molecule has 2 aromatic rings. The van der Waals surface area contributed by atoms with Gasteiger partial charge in [-0.1, -0.05) is 6.07 Å². The van der Waals surface area contributed by atoms with Crippen molar-refractivity contribution in [3.05, 3.63) is 36.0 Å². The fourth-order valence-corrected chi connectivity index (χ4v) is 1.41. The van der Waals surface area contributed by atoms with Crippen molar-refractivity contribution in [2.45, 2.75) is 0 Å². The molecule has 0 bridgehead atoms. The average Bonchev–Trinajstić information content (AvgIpc) is 2.28. The van der Waals surface area contributed by atoms with Gasteiger partial charge in [0.05, 0.1) is 5.52 Å². The van der Waals surface area contributed by atoms with Crippen molar-refractivity contribution < 1.29 is 9.90 Å². The highest BCUT2D eigenvalue weighted by Gasteiger charge is 2.15. The van der Waals surface area contributed by atoms with Gasteiger partial charge in [0.15, 0.2) is 0 Å². The number of phenols is 1. The number of pyridine rings is 1. The summed E-state index contributed by atoms with van der Waals surface area (Å²) >= 11 is 0. The van der Waals surface area contributed by atoms with Crippen molar-refractivity contribution in [1.29, 1.82) is 5.26 Å². The second-order valence-electron chi connectivity index (χ2n) is 2.98. The Kier molecular flexibility index (Phi) is 2.07. The first-order valence-corrected chi connectivity index (χ1v) is 4.25. The number of carbonyl (C=O) groups is 1. The van der Waals surface area contributed by atoms with Gasteiger partial charge in [0, 0.05) is 11.6 Å². The van der Waals surface area contributed by atoms with Gasteiger partial charge in [-0.15, -0.1) is 0 Å². The summed E-state index contributed by atoms with van der Waals surface area (Å²) in [5, 5.41) is 18.7. The summed E-state index contributed by atoms with van der Waals surface area (Å²) in [5.41, 5.74) is 0.319. The van der Waals surface area contributed by atoms with Crippen LogP contribution in [-0.4, -0.2) is 15.9 Å². The number of Topliss-reactive ketones (excluding diaryl/α,β-unsaturated/α-hetero) is 1. The van der Waals surface area contributed by atoms with Crippen LogP contribution in [0, 0.1) is 11.3 Å². The Hall–Kier alpha value is -2.41. The van der Waals surface area contributed by atoms with E-state index in [0.29, 0.717) is 10.9 Å². The van der Waals surface area contributed by atoms with Crippen LogP contribution >= 0.6 is 0 Å². The zero-order valence-electron chi connectivity index (χ0n) is 7.64. The maximum atomic E-state index is 11.3. The summed E-state index contributed by atoms with van der Waals surface area (Å²) in [5.74, 6) is -0.996. The number of rotatable bonds is 1. The minimum atomic E-state index is -0.781. The molecular weight excluding hydrogens is 192 g/mol. The Bertz CT molecular complexity index is 585. The number of aromatic nitrogens is 1. The zero-order valence-corrected chi connectivity index (χ0v) is 7.64. The third-order valence-corrected chi connectivity index (χ3v) is 2.08. The molecule has 0 saturated heterocycles. The smallest absolute Gasteiger partial charge is 0.268 e. The molecule has 0 unspecified atom stereocenters. The van der Waals surface area contributed by atoms with Gasteiger partial charge < -0.3 is 5.11 Å². The molecule has 72 valence electrons. The predicted molar refractivity (Wildman–Crippen MR) is 53.4 cm³/mol. The van der Waals surface area contributed by atoms with E-state index in [1.165, 1.54) is 18.3 Å². The number of nitriles is 1. The Morgan fingerprint density at radius 2 is 2.20 bits per heavy atom. The molecule has 0 saturated carbocycles. The Morgan fingerprint density at radius 1 is 1.40 bits per heavy atom. The van der Waals surface area contributed by atoms with E-state index in [1.807, 2.05) is 0 Å². The number of hydrogen-bond donors (Lipinski definition) is 1. The summed E-state index contributed by atoms with van der Waals surface area (Å²) in [6, 6.07) is 7.99. The summed E-state index contributed by atoms with van der Waals surface area (Å²) in [7, 11) is 0. The van der Waals surface area contributed by atoms with Crippen molar-refractivity contribution in [3.8, 4) is 11.8 Å². The van der Waals surface area contributed by atoms with Gasteiger partial charge >= 0.3 is 0 Å². The van der Waals surface area contributed by atoms with Crippen LogP contribution in [0.25, 0.3) is 10.9 Å². The Balaban J connectivity index is 2.87. The van der Waals surface area contributed by atoms with Gasteiger partial charge in [0.1, 0.15) is 17.4 Å². The summed E-state index contributed by atoms with van der Waals surface area (Å²) in [6.07, 6.45) is 1.51. The highest BCUT2D eigenvalue weighted by atomic mass is 16.3. The van der Waals surface area contributed by atoms with Gasteiger partial charge in [0.25, 0.3) is 5.78 Å². The first-order valence-electron chi connectivity index (χ1n) is 4.25. The van der Waals surface area contributed by atoms with Gasteiger partial charge in [-0.25, -0.2) is 0 Å². The van der Waals surface area contributed by atoms with Crippen molar-refractivity contribution in [1.82, 2.24) is 4.98 Å². The van der Waals surface area contributed by atoms with Gasteiger partial charge in [-0.05, 0) is 18.2 Å². The number of phenolic OH excluding ortho intramolecular Hbond substituents is 1. The maximum Gasteiger partial charge on any atom is 0.268 e. The highest BCUT2D eigenvalue weighted by Crippen LogP contribution is 2.25. The topological polar surface area (TPSA) is 74.0 Å². The third-order valence-electron chi connectivity index (χ3n) is 2.08. The van der Waals surface area contributed by atoms with E-state index in [-0.39, 0.29) is 11.3 Å². The van der Waals surface area contributed by atoms with E-state index in [4.69, 9.17) is 5.26 Å². The van der Waals surface area contributed by atoms with Crippen LogP contribution in [0.5, 0.6) is 5.75 Å². The lowest BCUT2D eigenvalue weighted by Crippen LogP contribution is -1.98. The molecule has 0 radical (unpaired) electrons. The second-order valence-corrected chi connectivity index (χ2v) is 2.98. The fraction of sp³-hybridized carbons (Fsp3) is 0. The van der Waals surface area contributed by atoms with Crippen LogP contribution in [0.1, 0.15) is 10.4 Å². The maximum absolute atomic E-state index is 11.3. The van der Waals surface area contributed by atoms with Gasteiger partial charge in [-0.2, -0.15) is 5.26 Å². The number of carbonyl (C=O) groups excluding carboxylic acids is 1. The molecule has 0 atom stereocenters. The van der Waals surface area contributed by atoms with Crippen LogP contribution in [0.15, 0.2) is 30.5 Å². The lowest BCUT2D eigenvalue weighted by Gasteiger charge is -2.02. The van der Waals surface area contributed by atoms with Gasteiger partial charge in [0.2, 0.25) is 0 Å². The molecule has 0 amide bonds. The van der Waals surface area contributed by atoms with E-state index in [9.17, 15) is 9.90 Å². The van der Waals surface area contributed by atoms with Crippen molar-refractivity contribution >= 4 is 16.7 Å².